The molecule has 0 bridgehead atoms. The van der Waals surface area contributed by atoms with Crippen molar-refractivity contribution < 1.29 is 4.39 Å². The number of allylic oxidation sites excluding steroid dienone is 1. The van der Waals surface area contributed by atoms with Gasteiger partial charge in [-0.1, -0.05) is 12.1 Å². The van der Waals surface area contributed by atoms with Gasteiger partial charge in [-0.15, -0.1) is 0 Å². The molecular weight excluding hydrogens is 419 g/mol. The summed E-state index contributed by atoms with van der Waals surface area (Å²) in [5.41, 5.74) is 10.8. The summed E-state index contributed by atoms with van der Waals surface area (Å²) in [5.74, 6) is 0.139. The largest absolute Gasteiger partial charge is 0.383 e. The Morgan fingerprint density at radius 3 is 2.42 bits per heavy atom. The molecular formula is C24H17FN8. The van der Waals surface area contributed by atoms with Crippen molar-refractivity contribution in [1.29, 1.82) is 10.5 Å². The van der Waals surface area contributed by atoms with Crippen LogP contribution < -0.4 is 11.1 Å². The Labute approximate surface area is 188 Å². The number of nitrogens with zero attached hydrogens (tertiary/aromatic N) is 6. The Bertz CT molecular complexity index is 1470. The molecule has 0 unspecified atom stereocenters. The van der Waals surface area contributed by atoms with Gasteiger partial charge >= 0.3 is 0 Å². The summed E-state index contributed by atoms with van der Waals surface area (Å²) >= 11 is 0. The minimum absolute atomic E-state index is 0.105. The number of nitrogen functional groups attached to an aromatic ring is 1. The topological polar surface area (TPSA) is 137 Å². The van der Waals surface area contributed by atoms with Gasteiger partial charge in [0.15, 0.2) is 11.5 Å². The number of rotatable bonds is 4. The molecule has 2 heterocycles. The molecule has 4 rings (SSSR count). The maximum Gasteiger partial charge on any atom is 0.230 e. The number of nitrogens with one attached hydrogen (secondary N) is 1. The lowest BCUT2D eigenvalue weighted by molar-refractivity contribution is 0.630. The number of benzene rings is 2. The summed E-state index contributed by atoms with van der Waals surface area (Å²) in [7, 11) is 0. The van der Waals surface area contributed by atoms with E-state index in [1.165, 1.54) is 30.6 Å². The van der Waals surface area contributed by atoms with Gasteiger partial charge in [0.05, 0.1) is 24.0 Å². The van der Waals surface area contributed by atoms with Crippen LogP contribution in [0.2, 0.25) is 0 Å². The number of aryl methyl sites for hydroxylation is 2. The number of aromatic nitrogens is 4. The van der Waals surface area contributed by atoms with Crippen molar-refractivity contribution in [2.24, 2.45) is 0 Å². The first kappa shape index (κ1) is 21.3. The Kier molecular flexibility index (Phi) is 5.62. The number of anilines is 3. The molecule has 0 spiro atoms. The molecule has 0 aliphatic carbocycles. The lowest BCUT2D eigenvalue weighted by Crippen LogP contribution is -2.05. The predicted octanol–water partition coefficient (Wildman–Crippen LogP) is 4.58. The zero-order valence-electron chi connectivity index (χ0n) is 17.8. The van der Waals surface area contributed by atoms with E-state index in [1.54, 1.807) is 6.08 Å². The van der Waals surface area contributed by atoms with Gasteiger partial charge in [-0.2, -0.15) is 15.5 Å². The molecule has 33 heavy (non-hydrogen) atoms. The molecule has 0 saturated carbocycles. The quantitative estimate of drug-likeness (QED) is 0.444. The first-order valence-electron chi connectivity index (χ1n) is 9.83. The van der Waals surface area contributed by atoms with E-state index in [2.05, 4.69) is 25.3 Å². The van der Waals surface area contributed by atoms with Gasteiger partial charge in [0.2, 0.25) is 5.95 Å². The summed E-state index contributed by atoms with van der Waals surface area (Å²) in [6.45, 7) is 3.83. The summed E-state index contributed by atoms with van der Waals surface area (Å²) in [6.07, 6.45) is 5.83. The molecule has 9 heteroatoms. The smallest absolute Gasteiger partial charge is 0.230 e. The lowest BCUT2D eigenvalue weighted by atomic mass is 9.92. The van der Waals surface area contributed by atoms with E-state index >= 15 is 0 Å². The van der Waals surface area contributed by atoms with E-state index in [4.69, 9.17) is 16.3 Å². The minimum Gasteiger partial charge on any atom is -0.383 e. The zero-order valence-corrected chi connectivity index (χ0v) is 17.8. The number of halogens is 1. The van der Waals surface area contributed by atoms with Crippen LogP contribution in [0.4, 0.5) is 22.0 Å². The second kappa shape index (κ2) is 8.69. The number of hydrogen-bond donors (Lipinski definition) is 2. The molecule has 0 aliphatic rings. The van der Waals surface area contributed by atoms with E-state index in [0.717, 1.165) is 22.3 Å². The molecule has 2 aromatic heterocycles. The van der Waals surface area contributed by atoms with Crippen molar-refractivity contribution in [2.45, 2.75) is 13.8 Å². The summed E-state index contributed by atoms with van der Waals surface area (Å²) in [5, 5.41) is 21.0. The standard InChI is InChI=1S/C24H17FN8/c1-13-6-15(4-3-5-26)7-14(2)21(13)18-8-16(25)9-19-22(18)32-24(33-23(19)28)31-20-12-29-17(10-27)11-30-20/h3-4,6-9,11-12H,1-2H3,(H3,28,30,31,32,33). The van der Waals surface area contributed by atoms with Crippen LogP contribution in [0.15, 0.2) is 42.7 Å². The van der Waals surface area contributed by atoms with Crippen molar-refractivity contribution in [2.75, 3.05) is 11.1 Å². The number of nitrogens with two attached hydrogens (primary N) is 1. The first-order valence-corrected chi connectivity index (χ1v) is 9.83. The van der Waals surface area contributed by atoms with Crippen molar-refractivity contribution in [1.82, 2.24) is 19.9 Å². The van der Waals surface area contributed by atoms with E-state index in [9.17, 15) is 4.39 Å². The summed E-state index contributed by atoms with van der Waals surface area (Å²) < 4.78 is 14.6. The maximum atomic E-state index is 14.6. The molecule has 0 radical (unpaired) electrons. The Morgan fingerprint density at radius 2 is 1.79 bits per heavy atom. The highest BCUT2D eigenvalue weighted by Crippen LogP contribution is 2.36. The third-order valence-corrected chi connectivity index (χ3v) is 4.98. The fourth-order valence-corrected chi connectivity index (χ4v) is 3.68. The number of nitriles is 2. The van der Waals surface area contributed by atoms with E-state index in [0.29, 0.717) is 22.3 Å². The summed E-state index contributed by atoms with van der Waals surface area (Å²) in [4.78, 5) is 16.9. The van der Waals surface area contributed by atoms with Crippen LogP contribution in [0.25, 0.3) is 28.1 Å². The second-order valence-electron chi connectivity index (χ2n) is 7.30. The zero-order chi connectivity index (χ0) is 23.5. The molecule has 0 aliphatic heterocycles. The fourth-order valence-electron chi connectivity index (χ4n) is 3.68. The van der Waals surface area contributed by atoms with E-state index < -0.39 is 5.82 Å². The van der Waals surface area contributed by atoms with Gasteiger partial charge in [-0.05, 0) is 54.3 Å². The van der Waals surface area contributed by atoms with Crippen LogP contribution >= 0.6 is 0 Å². The SMILES string of the molecule is Cc1cc(C=CC#N)cc(C)c1-c1cc(F)cc2c(N)nc(Nc3cnc(C#N)cn3)nc12. The van der Waals surface area contributed by atoms with E-state index in [-0.39, 0.29) is 17.5 Å². The minimum atomic E-state index is -0.460. The molecule has 0 saturated heterocycles. The normalized spacial score (nSPS) is 10.8. The average molecular weight is 436 g/mol. The van der Waals surface area contributed by atoms with Gasteiger partial charge in [0.1, 0.15) is 17.7 Å². The second-order valence-corrected chi connectivity index (χ2v) is 7.30. The van der Waals surface area contributed by atoms with Crippen LogP contribution in [0, 0.1) is 42.3 Å². The molecule has 4 aromatic rings. The predicted molar refractivity (Wildman–Crippen MR) is 123 cm³/mol. The molecule has 3 N–H and O–H groups in total. The molecule has 2 aromatic carbocycles. The number of fused-ring (bicyclic) bond motifs is 1. The van der Waals surface area contributed by atoms with Crippen molar-refractivity contribution in [3.8, 4) is 23.3 Å². The maximum absolute atomic E-state index is 14.6. The fraction of sp³-hybridized carbons (Fsp3) is 0.0833. The summed E-state index contributed by atoms with van der Waals surface area (Å²) in [6, 6.07) is 10.4. The van der Waals surface area contributed by atoms with Gasteiger partial charge in [-0.3, -0.25) is 0 Å². The molecule has 8 nitrogen and oxygen atoms in total. The van der Waals surface area contributed by atoms with Gasteiger partial charge in [0, 0.05) is 17.0 Å². The highest BCUT2D eigenvalue weighted by Gasteiger charge is 2.17. The lowest BCUT2D eigenvalue weighted by Gasteiger charge is -2.15. The van der Waals surface area contributed by atoms with Crippen molar-refractivity contribution in [3.63, 3.8) is 0 Å². The average Bonchev–Trinajstić information content (AvgIpc) is 2.78. The molecule has 0 atom stereocenters. The third-order valence-electron chi connectivity index (χ3n) is 4.98. The van der Waals surface area contributed by atoms with E-state index in [1.807, 2.05) is 38.1 Å². The van der Waals surface area contributed by atoms with Crippen LogP contribution in [0.3, 0.4) is 0 Å². The Balaban J connectivity index is 1.88. The van der Waals surface area contributed by atoms with Crippen LogP contribution in [0.1, 0.15) is 22.4 Å². The van der Waals surface area contributed by atoms with Gasteiger partial charge < -0.3 is 11.1 Å². The van der Waals surface area contributed by atoms with Crippen LogP contribution in [-0.4, -0.2) is 19.9 Å². The monoisotopic (exact) mass is 436 g/mol. The van der Waals surface area contributed by atoms with Gasteiger partial charge in [0.25, 0.3) is 0 Å². The Hall–Kier alpha value is -4.89. The van der Waals surface area contributed by atoms with Crippen molar-refractivity contribution in [3.05, 3.63) is 70.9 Å². The third kappa shape index (κ3) is 4.29. The first-order chi connectivity index (χ1) is 15.9. The van der Waals surface area contributed by atoms with Crippen LogP contribution in [-0.2, 0) is 0 Å². The highest BCUT2D eigenvalue weighted by molar-refractivity contribution is 6.00. The van der Waals surface area contributed by atoms with Crippen molar-refractivity contribution >= 4 is 34.6 Å². The van der Waals surface area contributed by atoms with Crippen LogP contribution in [0.5, 0.6) is 0 Å². The highest BCUT2D eigenvalue weighted by atomic mass is 19.1. The van der Waals surface area contributed by atoms with Gasteiger partial charge in [-0.25, -0.2) is 19.3 Å². The molecule has 0 amide bonds. The molecule has 160 valence electrons. The Morgan fingerprint density at radius 1 is 1.03 bits per heavy atom. The molecule has 0 fully saturated rings. The number of hydrogen-bond acceptors (Lipinski definition) is 8.